The Morgan fingerprint density at radius 1 is 0.647 bits per heavy atom. The fourth-order valence-electron chi connectivity index (χ4n) is 3.32. The Hall–Kier alpha value is -0.0800. The van der Waals surface area contributed by atoms with Crippen molar-refractivity contribution in [2.45, 2.75) is 83.7 Å². The normalized spacial score (nSPS) is 38.1. The van der Waals surface area contributed by atoms with Gasteiger partial charge < -0.3 is 11.5 Å². The van der Waals surface area contributed by atoms with Crippen molar-refractivity contribution in [3.05, 3.63) is 0 Å². The van der Waals surface area contributed by atoms with E-state index in [4.69, 9.17) is 11.5 Å². The van der Waals surface area contributed by atoms with Crippen LogP contribution in [0.3, 0.4) is 0 Å². The monoisotopic (exact) mass is 240 g/mol. The summed E-state index contributed by atoms with van der Waals surface area (Å²) in [6, 6.07) is 1.00. The maximum absolute atomic E-state index is 5.93. The maximum Gasteiger partial charge on any atom is 0.00390 e. The molecule has 2 fully saturated rings. The minimum absolute atomic E-state index is 0.501. The van der Waals surface area contributed by atoms with E-state index in [2.05, 4.69) is 0 Å². The lowest BCUT2D eigenvalue weighted by Crippen LogP contribution is -2.30. The molecular formula is C15H32N2. The predicted octanol–water partition coefficient (Wildman–Crippen LogP) is 3.44. The van der Waals surface area contributed by atoms with Crippen molar-refractivity contribution in [3.63, 3.8) is 0 Å². The molecule has 0 aromatic rings. The largest absolute Gasteiger partial charge is 0.328 e. The lowest BCUT2D eigenvalue weighted by Gasteiger charge is -2.32. The van der Waals surface area contributed by atoms with E-state index in [0.29, 0.717) is 12.1 Å². The maximum atomic E-state index is 5.93. The van der Waals surface area contributed by atoms with Gasteiger partial charge in [0.1, 0.15) is 0 Å². The van der Waals surface area contributed by atoms with Crippen LogP contribution in [0.25, 0.3) is 0 Å². The first-order chi connectivity index (χ1) is 8.24. The third-order valence-electron chi connectivity index (χ3n) is 4.45. The molecule has 0 heterocycles. The lowest BCUT2D eigenvalue weighted by atomic mass is 9.76. The van der Waals surface area contributed by atoms with Crippen molar-refractivity contribution in [2.24, 2.45) is 23.3 Å². The molecule has 0 atom stereocenters. The van der Waals surface area contributed by atoms with Crippen molar-refractivity contribution >= 4 is 0 Å². The van der Waals surface area contributed by atoms with E-state index in [9.17, 15) is 0 Å². The summed E-state index contributed by atoms with van der Waals surface area (Å²) < 4.78 is 0. The standard InChI is InChI=1S/C13H26N2.C2H6/c14-12-5-1-10(2-6-12)9-11-3-7-13(15)8-4-11;1-2/h10-13H,1-9,14-15H2;1-2H3. The van der Waals surface area contributed by atoms with Gasteiger partial charge in [-0.3, -0.25) is 0 Å². The smallest absolute Gasteiger partial charge is 0.00390 e. The quantitative estimate of drug-likeness (QED) is 0.777. The van der Waals surface area contributed by atoms with E-state index in [1.54, 1.807) is 0 Å². The molecule has 0 aromatic carbocycles. The van der Waals surface area contributed by atoms with Gasteiger partial charge in [0.2, 0.25) is 0 Å². The van der Waals surface area contributed by atoms with E-state index in [-0.39, 0.29) is 0 Å². The van der Waals surface area contributed by atoms with Gasteiger partial charge in [0.15, 0.2) is 0 Å². The van der Waals surface area contributed by atoms with Crippen LogP contribution >= 0.6 is 0 Å². The van der Waals surface area contributed by atoms with Crippen LogP contribution in [0.2, 0.25) is 0 Å². The average molecular weight is 240 g/mol. The Morgan fingerprint density at radius 2 is 0.941 bits per heavy atom. The van der Waals surface area contributed by atoms with Gasteiger partial charge >= 0.3 is 0 Å². The second-order valence-corrected chi connectivity index (χ2v) is 5.80. The molecule has 2 aliphatic carbocycles. The zero-order valence-electron chi connectivity index (χ0n) is 11.8. The summed E-state index contributed by atoms with van der Waals surface area (Å²) >= 11 is 0. The van der Waals surface area contributed by atoms with Gasteiger partial charge in [-0.25, -0.2) is 0 Å². The highest BCUT2D eigenvalue weighted by Crippen LogP contribution is 2.34. The van der Waals surface area contributed by atoms with Crippen molar-refractivity contribution in [1.82, 2.24) is 0 Å². The summed E-state index contributed by atoms with van der Waals surface area (Å²) in [6.07, 6.45) is 12.0. The van der Waals surface area contributed by atoms with Crippen molar-refractivity contribution in [1.29, 1.82) is 0 Å². The molecule has 102 valence electrons. The minimum atomic E-state index is 0.501. The molecule has 0 spiro atoms. The minimum Gasteiger partial charge on any atom is -0.328 e. The van der Waals surface area contributed by atoms with Crippen LogP contribution in [0.4, 0.5) is 0 Å². The molecule has 2 heteroatoms. The Morgan fingerprint density at radius 3 is 1.24 bits per heavy atom. The molecule has 0 aliphatic heterocycles. The SMILES string of the molecule is CC.NC1CCC(CC2CCC(N)CC2)CC1. The van der Waals surface area contributed by atoms with E-state index in [1.165, 1.54) is 57.8 Å². The number of rotatable bonds is 2. The van der Waals surface area contributed by atoms with Crippen LogP contribution in [-0.2, 0) is 0 Å². The summed E-state index contributed by atoms with van der Waals surface area (Å²) in [5.74, 6) is 1.95. The molecule has 2 aliphatic rings. The summed E-state index contributed by atoms with van der Waals surface area (Å²) in [6.45, 7) is 4.00. The Labute approximate surface area is 108 Å². The fraction of sp³-hybridized carbons (Fsp3) is 1.00. The third kappa shape index (κ3) is 5.39. The third-order valence-corrected chi connectivity index (χ3v) is 4.45. The van der Waals surface area contributed by atoms with Gasteiger partial charge in [-0.1, -0.05) is 13.8 Å². The molecule has 2 saturated carbocycles. The van der Waals surface area contributed by atoms with Crippen molar-refractivity contribution in [3.8, 4) is 0 Å². The van der Waals surface area contributed by atoms with E-state index in [1.807, 2.05) is 13.8 Å². The molecule has 17 heavy (non-hydrogen) atoms. The number of hydrogen-bond acceptors (Lipinski definition) is 2. The van der Waals surface area contributed by atoms with Crippen LogP contribution < -0.4 is 11.5 Å². The molecule has 0 saturated heterocycles. The number of nitrogens with two attached hydrogens (primary N) is 2. The highest BCUT2D eigenvalue weighted by atomic mass is 14.6. The summed E-state index contributed by atoms with van der Waals surface area (Å²) in [5, 5.41) is 0. The van der Waals surface area contributed by atoms with Crippen LogP contribution in [0.5, 0.6) is 0 Å². The first kappa shape index (κ1) is 15.0. The second kappa shape index (κ2) is 8.10. The molecule has 0 unspecified atom stereocenters. The highest BCUT2D eigenvalue weighted by molar-refractivity contribution is 4.80. The molecule has 4 N–H and O–H groups in total. The second-order valence-electron chi connectivity index (χ2n) is 5.80. The molecule has 0 aromatic heterocycles. The lowest BCUT2D eigenvalue weighted by molar-refractivity contribution is 0.225. The first-order valence-corrected chi connectivity index (χ1v) is 7.75. The van der Waals surface area contributed by atoms with Gasteiger partial charge in [0, 0.05) is 12.1 Å². The Balaban J connectivity index is 0.000000686. The van der Waals surface area contributed by atoms with Crippen LogP contribution in [-0.4, -0.2) is 12.1 Å². The molecular weight excluding hydrogens is 208 g/mol. The van der Waals surface area contributed by atoms with Gasteiger partial charge in [-0.2, -0.15) is 0 Å². The molecule has 2 nitrogen and oxygen atoms in total. The fourth-order valence-corrected chi connectivity index (χ4v) is 3.32. The van der Waals surface area contributed by atoms with Crippen LogP contribution in [0.1, 0.15) is 71.6 Å². The van der Waals surface area contributed by atoms with Crippen LogP contribution in [0.15, 0.2) is 0 Å². The van der Waals surface area contributed by atoms with Crippen LogP contribution in [0, 0.1) is 11.8 Å². The predicted molar refractivity (Wildman–Crippen MR) is 75.8 cm³/mol. The van der Waals surface area contributed by atoms with Gasteiger partial charge in [-0.05, 0) is 69.6 Å². The van der Waals surface area contributed by atoms with Gasteiger partial charge in [0.25, 0.3) is 0 Å². The zero-order valence-corrected chi connectivity index (χ0v) is 11.8. The summed E-state index contributed by atoms with van der Waals surface area (Å²) in [4.78, 5) is 0. The topological polar surface area (TPSA) is 52.0 Å². The Kier molecular flexibility index (Phi) is 7.14. The molecule has 0 radical (unpaired) electrons. The van der Waals surface area contributed by atoms with Crippen molar-refractivity contribution < 1.29 is 0 Å². The van der Waals surface area contributed by atoms with Gasteiger partial charge in [0.05, 0.1) is 0 Å². The van der Waals surface area contributed by atoms with E-state index < -0.39 is 0 Å². The Bertz CT molecular complexity index is 157. The molecule has 0 amide bonds. The average Bonchev–Trinajstić information content (AvgIpc) is 2.37. The summed E-state index contributed by atoms with van der Waals surface area (Å²) in [7, 11) is 0. The van der Waals surface area contributed by atoms with Gasteiger partial charge in [-0.15, -0.1) is 0 Å². The van der Waals surface area contributed by atoms with Crippen molar-refractivity contribution in [2.75, 3.05) is 0 Å². The molecule has 2 rings (SSSR count). The van der Waals surface area contributed by atoms with E-state index >= 15 is 0 Å². The summed E-state index contributed by atoms with van der Waals surface area (Å²) in [5.41, 5.74) is 11.9. The highest BCUT2D eigenvalue weighted by Gasteiger charge is 2.24. The molecule has 0 bridgehead atoms. The zero-order chi connectivity index (χ0) is 12.7. The number of hydrogen-bond donors (Lipinski definition) is 2. The first-order valence-electron chi connectivity index (χ1n) is 7.75. The van der Waals surface area contributed by atoms with E-state index in [0.717, 1.165) is 11.8 Å².